The first kappa shape index (κ1) is 10.4. The molecule has 3 unspecified atom stereocenters. The molecule has 2 fully saturated rings. The summed E-state index contributed by atoms with van der Waals surface area (Å²) in [5.41, 5.74) is 0. The predicted molar refractivity (Wildman–Crippen MR) is 57.2 cm³/mol. The van der Waals surface area contributed by atoms with Gasteiger partial charge in [0.05, 0.1) is 6.61 Å². The van der Waals surface area contributed by atoms with E-state index in [0.29, 0.717) is 12.6 Å². The van der Waals surface area contributed by atoms with E-state index in [4.69, 9.17) is 11.2 Å². The van der Waals surface area contributed by atoms with Crippen molar-refractivity contribution in [2.24, 2.45) is 5.92 Å². The fourth-order valence-electron chi connectivity index (χ4n) is 2.85. The number of carbonyl (C=O) groups is 1. The van der Waals surface area contributed by atoms with Crippen LogP contribution in [0.3, 0.4) is 0 Å². The van der Waals surface area contributed by atoms with E-state index < -0.39 is 0 Å². The average molecular weight is 207 g/mol. The van der Waals surface area contributed by atoms with E-state index in [-0.39, 0.29) is 18.1 Å². The number of fused-ring (bicyclic) bond motifs is 2. The summed E-state index contributed by atoms with van der Waals surface area (Å²) in [6, 6.07) is 0.552. The summed E-state index contributed by atoms with van der Waals surface area (Å²) >= 11 is 0. The third kappa shape index (κ3) is 1.69. The summed E-state index contributed by atoms with van der Waals surface area (Å²) in [5, 5.41) is 0. The van der Waals surface area contributed by atoms with E-state index in [2.05, 4.69) is 5.92 Å². The van der Waals surface area contributed by atoms with Gasteiger partial charge in [-0.25, -0.2) is 4.79 Å². The van der Waals surface area contributed by atoms with Crippen molar-refractivity contribution in [1.29, 1.82) is 0 Å². The minimum Gasteiger partial charge on any atom is -0.450 e. The summed E-state index contributed by atoms with van der Waals surface area (Å²) in [4.78, 5) is 13.6. The number of nitrogens with zero attached hydrogens (tertiary/aromatic N) is 1. The van der Waals surface area contributed by atoms with E-state index in [1.807, 2.05) is 11.8 Å². The highest BCUT2D eigenvalue weighted by atomic mass is 16.6. The summed E-state index contributed by atoms with van der Waals surface area (Å²) in [6.45, 7) is 2.28. The first-order valence-corrected chi connectivity index (χ1v) is 5.69. The molecule has 15 heavy (non-hydrogen) atoms. The molecule has 0 aromatic carbocycles. The molecule has 82 valence electrons. The largest absolute Gasteiger partial charge is 0.450 e. The summed E-state index contributed by atoms with van der Waals surface area (Å²) in [6.07, 6.45) is 9.57. The molecular weight excluding hydrogens is 190 g/mol. The normalized spacial score (nSPS) is 33.6. The zero-order chi connectivity index (χ0) is 10.8. The van der Waals surface area contributed by atoms with Crippen LogP contribution in [0.5, 0.6) is 0 Å². The number of amides is 1. The summed E-state index contributed by atoms with van der Waals surface area (Å²) < 4.78 is 5.07. The quantitative estimate of drug-likeness (QED) is 0.616. The van der Waals surface area contributed by atoms with Crippen LogP contribution in [0.25, 0.3) is 0 Å². The van der Waals surface area contributed by atoms with Crippen molar-refractivity contribution in [2.45, 2.75) is 44.7 Å². The smallest absolute Gasteiger partial charge is 0.410 e. The molecule has 2 aliphatic heterocycles. The van der Waals surface area contributed by atoms with Crippen LogP contribution in [0.15, 0.2) is 0 Å². The van der Waals surface area contributed by atoms with Gasteiger partial charge < -0.3 is 9.64 Å². The molecule has 1 amide bonds. The van der Waals surface area contributed by atoms with Gasteiger partial charge >= 0.3 is 6.09 Å². The van der Waals surface area contributed by atoms with Crippen molar-refractivity contribution in [3.63, 3.8) is 0 Å². The maximum Gasteiger partial charge on any atom is 0.410 e. The van der Waals surface area contributed by atoms with Gasteiger partial charge in [0.25, 0.3) is 0 Å². The van der Waals surface area contributed by atoms with Gasteiger partial charge in [0.15, 0.2) is 0 Å². The van der Waals surface area contributed by atoms with Crippen LogP contribution >= 0.6 is 0 Å². The zero-order valence-electron chi connectivity index (χ0n) is 9.11. The molecular formula is C12H17NO2. The van der Waals surface area contributed by atoms with Gasteiger partial charge in [-0.3, -0.25) is 0 Å². The molecule has 0 aromatic rings. The Hall–Kier alpha value is -1.17. The maximum atomic E-state index is 11.8. The Labute approximate surface area is 90.8 Å². The molecule has 0 spiro atoms. The van der Waals surface area contributed by atoms with Crippen LogP contribution < -0.4 is 0 Å². The Kier molecular flexibility index (Phi) is 2.86. The molecule has 3 atom stereocenters. The van der Waals surface area contributed by atoms with E-state index in [9.17, 15) is 4.79 Å². The second-order valence-electron chi connectivity index (χ2n) is 4.27. The minimum atomic E-state index is -0.176. The topological polar surface area (TPSA) is 29.5 Å². The molecule has 3 heteroatoms. The average Bonchev–Trinajstić information content (AvgIpc) is 2.46. The molecule has 0 aromatic heterocycles. The lowest BCUT2D eigenvalue weighted by Gasteiger charge is -2.34. The monoisotopic (exact) mass is 207 g/mol. The van der Waals surface area contributed by atoms with Crippen molar-refractivity contribution < 1.29 is 9.53 Å². The van der Waals surface area contributed by atoms with Gasteiger partial charge in [-0.15, -0.1) is 12.3 Å². The van der Waals surface area contributed by atoms with Crippen molar-refractivity contribution in [3.8, 4) is 12.3 Å². The minimum absolute atomic E-state index is 0.176. The number of rotatable bonds is 1. The number of piperidine rings is 1. The molecule has 2 aliphatic rings. The molecule has 2 saturated heterocycles. The number of ether oxygens (including phenoxy) is 1. The molecule has 0 saturated carbocycles. The van der Waals surface area contributed by atoms with Gasteiger partial charge in [0.2, 0.25) is 0 Å². The Morgan fingerprint density at radius 3 is 3.07 bits per heavy atom. The van der Waals surface area contributed by atoms with E-state index in [1.165, 1.54) is 6.42 Å². The highest BCUT2D eigenvalue weighted by Gasteiger charge is 2.45. The Morgan fingerprint density at radius 2 is 2.40 bits per heavy atom. The van der Waals surface area contributed by atoms with Crippen LogP contribution in [0.4, 0.5) is 4.79 Å². The van der Waals surface area contributed by atoms with Crippen molar-refractivity contribution in [3.05, 3.63) is 0 Å². The molecule has 0 N–H and O–H groups in total. The van der Waals surface area contributed by atoms with Crippen molar-refractivity contribution in [1.82, 2.24) is 4.90 Å². The van der Waals surface area contributed by atoms with Crippen LogP contribution in [-0.2, 0) is 4.74 Å². The lowest BCUT2D eigenvalue weighted by atomic mass is 9.99. The maximum absolute atomic E-state index is 11.8. The van der Waals surface area contributed by atoms with Gasteiger partial charge in [0.1, 0.15) is 0 Å². The molecule has 0 aliphatic carbocycles. The van der Waals surface area contributed by atoms with Crippen LogP contribution in [-0.4, -0.2) is 29.7 Å². The lowest BCUT2D eigenvalue weighted by Crippen LogP contribution is -2.45. The van der Waals surface area contributed by atoms with Crippen molar-refractivity contribution >= 4 is 6.09 Å². The van der Waals surface area contributed by atoms with Gasteiger partial charge in [-0.2, -0.15) is 0 Å². The van der Waals surface area contributed by atoms with Gasteiger partial charge in [-0.05, 0) is 32.6 Å². The van der Waals surface area contributed by atoms with Crippen LogP contribution in [0.1, 0.15) is 32.6 Å². The summed E-state index contributed by atoms with van der Waals surface area (Å²) in [5.74, 6) is 3.05. The van der Waals surface area contributed by atoms with E-state index >= 15 is 0 Å². The molecule has 2 bridgehead atoms. The third-order valence-electron chi connectivity index (χ3n) is 3.47. The lowest BCUT2D eigenvalue weighted by molar-refractivity contribution is 0.0714. The van der Waals surface area contributed by atoms with E-state index in [1.54, 1.807) is 0 Å². The highest BCUT2D eigenvalue weighted by Crippen LogP contribution is 2.39. The summed E-state index contributed by atoms with van der Waals surface area (Å²) in [7, 11) is 0. The first-order chi connectivity index (χ1) is 7.27. The van der Waals surface area contributed by atoms with Crippen LogP contribution in [0.2, 0.25) is 0 Å². The Bertz CT molecular complexity index is 294. The standard InChI is InChI=1S/C12H17NO2/c1-3-9-8-10-6-5-7-11(9)13(10)12(14)15-4-2/h1,9-11H,4-8H2,2H3. The second kappa shape index (κ2) is 4.14. The predicted octanol–water partition coefficient (Wildman–Crippen LogP) is 2.02. The number of terminal acetylenes is 1. The third-order valence-corrected chi connectivity index (χ3v) is 3.47. The number of carbonyl (C=O) groups excluding carboxylic acids is 1. The SMILES string of the molecule is C#CC1CC2CCCC1N2C(=O)OCC. The fraction of sp³-hybridized carbons (Fsp3) is 0.750. The second-order valence-corrected chi connectivity index (χ2v) is 4.27. The highest BCUT2D eigenvalue weighted by molar-refractivity contribution is 5.69. The Balaban J connectivity index is 2.13. The first-order valence-electron chi connectivity index (χ1n) is 5.69. The van der Waals surface area contributed by atoms with E-state index in [0.717, 1.165) is 19.3 Å². The zero-order valence-corrected chi connectivity index (χ0v) is 9.11. The molecule has 0 radical (unpaired) electrons. The van der Waals surface area contributed by atoms with Gasteiger partial charge in [-0.1, -0.05) is 0 Å². The van der Waals surface area contributed by atoms with Crippen LogP contribution in [0, 0.1) is 18.3 Å². The molecule has 3 nitrogen and oxygen atoms in total. The number of hydrogen-bond donors (Lipinski definition) is 0. The molecule has 2 rings (SSSR count). The van der Waals surface area contributed by atoms with Crippen molar-refractivity contribution in [2.75, 3.05) is 6.61 Å². The number of hydrogen-bond acceptors (Lipinski definition) is 2. The Morgan fingerprint density at radius 1 is 1.60 bits per heavy atom. The molecule has 2 heterocycles. The van der Waals surface area contributed by atoms with Gasteiger partial charge in [0, 0.05) is 18.0 Å². The fourth-order valence-corrected chi connectivity index (χ4v) is 2.85.